The summed E-state index contributed by atoms with van der Waals surface area (Å²) in [6, 6.07) is 21.5. The molecule has 1 heteroatoms. The van der Waals surface area contributed by atoms with Gasteiger partial charge in [-0.1, -0.05) is 62.4 Å². The van der Waals surface area contributed by atoms with E-state index in [1.54, 1.807) is 0 Å². The van der Waals surface area contributed by atoms with Gasteiger partial charge in [-0.05, 0) is 36.1 Å². The van der Waals surface area contributed by atoms with E-state index in [-0.39, 0.29) is 5.41 Å². The summed E-state index contributed by atoms with van der Waals surface area (Å²) in [7, 11) is 0. The van der Waals surface area contributed by atoms with Gasteiger partial charge in [0.25, 0.3) is 0 Å². The Bertz CT molecular complexity index is 722. The first kappa shape index (κ1) is 13.8. The first-order valence-electron chi connectivity index (χ1n) is 7.71. The maximum absolute atomic E-state index is 4.52. The minimum atomic E-state index is 0.0593. The molecule has 0 fully saturated rings. The summed E-state index contributed by atoms with van der Waals surface area (Å²) in [4.78, 5) is 4.52. The third-order valence-corrected chi connectivity index (χ3v) is 4.70. The predicted octanol–water partition coefficient (Wildman–Crippen LogP) is 5.34. The summed E-state index contributed by atoms with van der Waals surface area (Å²) >= 11 is 0. The highest BCUT2D eigenvalue weighted by atomic mass is 14.6. The summed E-state index contributed by atoms with van der Waals surface area (Å²) in [5.74, 6) is 0. The smallest absolute Gasteiger partial charge is 0.0705 e. The average Bonchev–Trinajstić information content (AvgIpc) is 2.58. The maximum Gasteiger partial charge on any atom is 0.0705 e. The number of nitrogens with zero attached hydrogens (tertiary/aromatic N) is 1. The number of hydrogen-bond acceptors (Lipinski definition) is 1. The fourth-order valence-corrected chi connectivity index (χ4v) is 3.46. The van der Waals surface area contributed by atoms with E-state index in [0.29, 0.717) is 0 Å². The van der Waals surface area contributed by atoms with Crippen LogP contribution in [0.15, 0.2) is 66.9 Å². The van der Waals surface area contributed by atoms with Crippen molar-refractivity contribution in [3.63, 3.8) is 0 Å². The number of para-hydroxylation sites is 1. The summed E-state index contributed by atoms with van der Waals surface area (Å²) in [6.45, 7) is 4.57. The molecular formula is C20H21N. The molecule has 0 spiro atoms. The van der Waals surface area contributed by atoms with Crippen LogP contribution < -0.4 is 0 Å². The zero-order valence-electron chi connectivity index (χ0n) is 12.7. The van der Waals surface area contributed by atoms with Gasteiger partial charge in [0.1, 0.15) is 0 Å². The Hall–Kier alpha value is -2.15. The van der Waals surface area contributed by atoms with Gasteiger partial charge >= 0.3 is 0 Å². The Morgan fingerprint density at radius 1 is 0.810 bits per heavy atom. The molecule has 1 heterocycles. The molecule has 0 N–H and O–H groups in total. The monoisotopic (exact) mass is 275 g/mol. The first-order chi connectivity index (χ1) is 10.3. The minimum absolute atomic E-state index is 0.0593. The molecule has 1 aromatic heterocycles. The van der Waals surface area contributed by atoms with E-state index in [9.17, 15) is 0 Å². The van der Waals surface area contributed by atoms with E-state index >= 15 is 0 Å². The van der Waals surface area contributed by atoms with Crippen LogP contribution in [0.25, 0.3) is 10.9 Å². The lowest BCUT2D eigenvalue weighted by Gasteiger charge is -2.34. The van der Waals surface area contributed by atoms with Gasteiger partial charge in [-0.25, -0.2) is 0 Å². The van der Waals surface area contributed by atoms with E-state index in [2.05, 4.69) is 79.5 Å². The molecule has 0 aliphatic carbocycles. The Balaban J connectivity index is 2.30. The molecular weight excluding hydrogens is 254 g/mol. The van der Waals surface area contributed by atoms with Crippen molar-refractivity contribution >= 4 is 10.9 Å². The van der Waals surface area contributed by atoms with Gasteiger partial charge in [0.05, 0.1) is 5.52 Å². The quantitative estimate of drug-likeness (QED) is 0.626. The van der Waals surface area contributed by atoms with Crippen LogP contribution in [0.5, 0.6) is 0 Å². The van der Waals surface area contributed by atoms with Crippen LogP contribution >= 0.6 is 0 Å². The lowest BCUT2D eigenvalue weighted by molar-refractivity contribution is 0.482. The SMILES string of the molecule is CCC(CC)(c1ccccc1)c1ccnc2ccccc12. The lowest BCUT2D eigenvalue weighted by Crippen LogP contribution is -2.26. The van der Waals surface area contributed by atoms with Gasteiger partial charge in [0.2, 0.25) is 0 Å². The minimum Gasteiger partial charge on any atom is -0.256 e. The van der Waals surface area contributed by atoms with Gasteiger partial charge in [-0.3, -0.25) is 4.98 Å². The molecule has 0 saturated heterocycles. The first-order valence-corrected chi connectivity index (χ1v) is 7.71. The largest absolute Gasteiger partial charge is 0.256 e. The van der Waals surface area contributed by atoms with E-state index in [4.69, 9.17) is 0 Å². The third kappa shape index (κ3) is 2.23. The molecule has 0 unspecified atom stereocenters. The van der Waals surface area contributed by atoms with Crippen molar-refractivity contribution < 1.29 is 0 Å². The van der Waals surface area contributed by atoms with Crippen LogP contribution in [0.1, 0.15) is 37.8 Å². The molecule has 3 aromatic rings. The molecule has 106 valence electrons. The lowest BCUT2D eigenvalue weighted by atomic mass is 9.70. The van der Waals surface area contributed by atoms with Crippen molar-refractivity contribution in [1.29, 1.82) is 0 Å². The van der Waals surface area contributed by atoms with Crippen LogP contribution in [0, 0.1) is 0 Å². The number of fused-ring (bicyclic) bond motifs is 1. The molecule has 0 atom stereocenters. The van der Waals surface area contributed by atoms with Crippen LogP contribution in [-0.2, 0) is 5.41 Å². The number of benzene rings is 2. The molecule has 1 nitrogen and oxygen atoms in total. The van der Waals surface area contributed by atoms with Crippen molar-refractivity contribution in [2.24, 2.45) is 0 Å². The Morgan fingerprint density at radius 3 is 2.19 bits per heavy atom. The van der Waals surface area contributed by atoms with Gasteiger partial charge in [-0.15, -0.1) is 0 Å². The standard InChI is InChI=1S/C20H21N/c1-3-20(4-2,16-10-6-5-7-11-16)18-14-15-21-19-13-9-8-12-17(18)19/h5-15H,3-4H2,1-2H3. The van der Waals surface area contributed by atoms with Gasteiger partial charge in [-0.2, -0.15) is 0 Å². The average molecular weight is 275 g/mol. The number of pyridine rings is 1. The second kappa shape index (κ2) is 5.69. The highest BCUT2D eigenvalue weighted by Gasteiger charge is 2.31. The zero-order chi connectivity index (χ0) is 14.7. The summed E-state index contributed by atoms with van der Waals surface area (Å²) in [5.41, 5.74) is 3.93. The number of aromatic nitrogens is 1. The van der Waals surface area contributed by atoms with E-state index < -0.39 is 0 Å². The topological polar surface area (TPSA) is 12.9 Å². The summed E-state index contributed by atoms with van der Waals surface area (Å²) in [5, 5.41) is 1.27. The number of rotatable bonds is 4. The normalized spacial score (nSPS) is 11.7. The molecule has 0 bridgehead atoms. The van der Waals surface area contributed by atoms with Crippen molar-refractivity contribution in [2.45, 2.75) is 32.1 Å². The van der Waals surface area contributed by atoms with E-state index in [1.807, 2.05) is 6.20 Å². The Labute approximate surface area is 126 Å². The van der Waals surface area contributed by atoms with Crippen LogP contribution in [0.3, 0.4) is 0 Å². The van der Waals surface area contributed by atoms with Gasteiger partial charge in [0.15, 0.2) is 0 Å². The third-order valence-electron chi connectivity index (χ3n) is 4.70. The molecule has 3 rings (SSSR count). The molecule has 0 saturated carbocycles. The van der Waals surface area contributed by atoms with E-state index in [1.165, 1.54) is 16.5 Å². The van der Waals surface area contributed by atoms with Crippen molar-refractivity contribution in [3.05, 3.63) is 78.0 Å². The molecule has 0 aliphatic rings. The molecule has 0 amide bonds. The maximum atomic E-state index is 4.52. The molecule has 2 aromatic carbocycles. The second-order valence-electron chi connectivity index (χ2n) is 5.53. The van der Waals surface area contributed by atoms with Crippen LogP contribution in [0.2, 0.25) is 0 Å². The Morgan fingerprint density at radius 2 is 1.48 bits per heavy atom. The highest BCUT2D eigenvalue weighted by molar-refractivity contribution is 5.83. The second-order valence-corrected chi connectivity index (χ2v) is 5.53. The van der Waals surface area contributed by atoms with Gasteiger partial charge in [0, 0.05) is 17.0 Å². The van der Waals surface area contributed by atoms with Crippen LogP contribution in [-0.4, -0.2) is 4.98 Å². The molecule has 21 heavy (non-hydrogen) atoms. The fraction of sp³-hybridized carbons (Fsp3) is 0.250. The summed E-state index contributed by atoms with van der Waals surface area (Å²) < 4.78 is 0. The highest BCUT2D eigenvalue weighted by Crippen LogP contribution is 2.41. The van der Waals surface area contributed by atoms with Gasteiger partial charge < -0.3 is 0 Å². The van der Waals surface area contributed by atoms with Crippen molar-refractivity contribution in [1.82, 2.24) is 4.98 Å². The molecule has 0 radical (unpaired) electrons. The van der Waals surface area contributed by atoms with Crippen LogP contribution in [0.4, 0.5) is 0 Å². The summed E-state index contributed by atoms with van der Waals surface area (Å²) in [6.07, 6.45) is 4.11. The fourth-order valence-electron chi connectivity index (χ4n) is 3.46. The van der Waals surface area contributed by atoms with Crippen molar-refractivity contribution in [2.75, 3.05) is 0 Å². The van der Waals surface area contributed by atoms with E-state index in [0.717, 1.165) is 18.4 Å². The number of hydrogen-bond donors (Lipinski definition) is 0. The van der Waals surface area contributed by atoms with Crippen molar-refractivity contribution in [3.8, 4) is 0 Å². The predicted molar refractivity (Wildman–Crippen MR) is 89.5 cm³/mol. The zero-order valence-corrected chi connectivity index (χ0v) is 12.7. The Kier molecular flexibility index (Phi) is 3.74. The molecule has 0 aliphatic heterocycles.